The topological polar surface area (TPSA) is 113 Å². The van der Waals surface area contributed by atoms with E-state index in [0.29, 0.717) is 45.7 Å². The Labute approximate surface area is 154 Å². The van der Waals surface area contributed by atoms with Crippen molar-refractivity contribution in [2.24, 2.45) is 5.73 Å². The Balaban J connectivity index is 1.92. The first kappa shape index (κ1) is 21.1. The number of carboxylic acids is 1. The van der Waals surface area contributed by atoms with Gasteiger partial charge in [0.05, 0.1) is 13.2 Å². The lowest BCUT2D eigenvalue weighted by Crippen LogP contribution is -2.54. The molecule has 0 saturated carbocycles. The van der Waals surface area contributed by atoms with Crippen LogP contribution in [0.4, 0.5) is 0 Å². The molecule has 146 valence electrons. The smallest absolute Gasteiger partial charge is 0.320 e. The minimum absolute atomic E-state index is 0.000605. The highest BCUT2D eigenvalue weighted by Crippen LogP contribution is 2.59. The summed E-state index contributed by atoms with van der Waals surface area (Å²) < 4.78 is 18.3. The van der Waals surface area contributed by atoms with Crippen LogP contribution in [0.2, 0.25) is 0 Å². The monoisotopic (exact) mass is 384 g/mol. The van der Waals surface area contributed by atoms with Gasteiger partial charge in [-0.25, -0.2) is 0 Å². The summed E-state index contributed by atoms with van der Waals surface area (Å²) in [6.07, 6.45) is 1.36. The maximum Gasteiger partial charge on any atom is 0.320 e. The zero-order valence-electron chi connectivity index (χ0n) is 15.0. The average molecular weight is 384 g/mol. The molecule has 0 bridgehead atoms. The molecule has 0 aliphatic carbocycles. The lowest BCUT2D eigenvalue weighted by atomic mass is 9.99. The van der Waals surface area contributed by atoms with E-state index in [1.54, 1.807) is 0 Å². The Morgan fingerprint density at radius 3 is 2.69 bits per heavy atom. The molecular weight excluding hydrogens is 355 g/mol. The number of aliphatic carboxylic acids is 1. The highest BCUT2D eigenvalue weighted by molar-refractivity contribution is 7.61. The molecule has 1 aromatic carbocycles. The molecule has 0 radical (unpaired) electrons. The number of nitrogens with zero attached hydrogens (tertiary/aromatic N) is 1. The first-order valence-electron chi connectivity index (χ1n) is 9.01. The van der Waals surface area contributed by atoms with E-state index in [9.17, 15) is 19.4 Å². The first-order valence-corrected chi connectivity index (χ1v) is 10.9. The number of rotatable bonds is 10. The summed E-state index contributed by atoms with van der Waals surface area (Å²) in [4.78, 5) is 24.2. The summed E-state index contributed by atoms with van der Waals surface area (Å²) in [5.41, 5.74) is 6.56. The SMILES string of the molecule is NCCCCC1(C(=O)O)CN(CCOCc2ccccc2)CCP1(=O)O. The van der Waals surface area contributed by atoms with Gasteiger partial charge >= 0.3 is 5.97 Å². The fourth-order valence-corrected chi connectivity index (χ4v) is 5.55. The first-order chi connectivity index (χ1) is 12.4. The Hall–Kier alpha value is -1.24. The van der Waals surface area contributed by atoms with Gasteiger partial charge < -0.3 is 20.5 Å². The zero-order valence-corrected chi connectivity index (χ0v) is 15.9. The minimum Gasteiger partial charge on any atom is -0.480 e. The molecule has 1 heterocycles. The van der Waals surface area contributed by atoms with Crippen LogP contribution in [0, 0.1) is 0 Å². The van der Waals surface area contributed by atoms with E-state index in [4.69, 9.17) is 10.5 Å². The number of carboxylic acid groups (broad SMARTS) is 1. The van der Waals surface area contributed by atoms with Crippen molar-refractivity contribution in [3.05, 3.63) is 35.9 Å². The number of hydrogen-bond donors (Lipinski definition) is 3. The molecule has 1 saturated heterocycles. The van der Waals surface area contributed by atoms with Crippen LogP contribution in [0.1, 0.15) is 24.8 Å². The van der Waals surface area contributed by atoms with E-state index in [1.807, 2.05) is 35.2 Å². The van der Waals surface area contributed by atoms with Gasteiger partial charge in [0.15, 0.2) is 5.16 Å². The van der Waals surface area contributed by atoms with Gasteiger partial charge in [0.25, 0.3) is 0 Å². The quantitative estimate of drug-likeness (QED) is 0.416. The average Bonchev–Trinajstić information content (AvgIpc) is 2.62. The second kappa shape index (κ2) is 9.62. The molecule has 2 atom stereocenters. The molecule has 1 fully saturated rings. The van der Waals surface area contributed by atoms with Crippen LogP contribution in [0.15, 0.2) is 30.3 Å². The molecule has 1 aliphatic rings. The fourth-order valence-electron chi connectivity index (χ4n) is 3.34. The fraction of sp³-hybridized carbons (Fsp3) is 0.611. The predicted molar refractivity (Wildman–Crippen MR) is 101 cm³/mol. The van der Waals surface area contributed by atoms with Crippen LogP contribution in [-0.4, -0.2) is 65.0 Å². The third-order valence-electron chi connectivity index (χ3n) is 4.98. The third-order valence-corrected chi connectivity index (χ3v) is 7.68. The van der Waals surface area contributed by atoms with Crippen LogP contribution in [0.5, 0.6) is 0 Å². The lowest BCUT2D eigenvalue weighted by molar-refractivity contribution is -0.141. The van der Waals surface area contributed by atoms with E-state index in [0.717, 1.165) is 5.56 Å². The van der Waals surface area contributed by atoms with Crippen molar-refractivity contribution in [1.82, 2.24) is 4.90 Å². The molecule has 4 N–H and O–H groups in total. The molecule has 7 nitrogen and oxygen atoms in total. The standard InChI is InChI=1S/C18H29N2O5P/c19-9-5-4-8-18(17(21)22)15-20(11-13-26(18,23)24)10-12-25-14-16-6-2-1-3-7-16/h1-3,6-7H,4-5,8-15,19H2,(H,21,22)(H,23,24). The minimum atomic E-state index is -3.77. The van der Waals surface area contributed by atoms with E-state index in [2.05, 4.69) is 0 Å². The summed E-state index contributed by atoms with van der Waals surface area (Å²) in [7, 11) is -3.77. The maximum absolute atomic E-state index is 12.7. The third kappa shape index (κ3) is 5.15. The van der Waals surface area contributed by atoms with E-state index < -0.39 is 18.5 Å². The summed E-state index contributed by atoms with van der Waals surface area (Å²) in [6, 6.07) is 9.81. The predicted octanol–water partition coefficient (Wildman–Crippen LogP) is 1.74. The second-order valence-corrected chi connectivity index (χ2v) is 9.53. The largest absolute Gasteiger partial charge is 0.480 e. The van der Waals surface area contributed by atoms with Crippen molar-refractivity contribution >= 4 is 13.3 Å². The van der Waals surface area contributed by atoms with Gasteiger partial charge in [0, 0.05) is 25.8 Å². The molecule has 0 spiro atoms. The lowest BCUT2D eigenvalue weighted by Gasteiger charge is -2.42. The molecule has 26 heavy (non-hydrogen) atoms. The van der Waals surface area contributed by atoms with Crippen molar-refractivity contribution in [2.75, 3.05) is 38.9 Å². The van der Waals surface area contributed by atoms with E-state index in [1.165, 1.54) is 0 Å². The van der Waals surface area contributed by atoms with Crippen LogP contribution in [0.3, 0.4) is 0 Å². The number of benzene rings is 1. The van der Waals surface area contributed by atoms with Gasteiger partial charge in [-0.3, -0.25) is 14.3 Å². The van der Waals surface area contributed by atoms with Gasteiger partial charge in [-0.05, 0) is 24.9 Å². The summed E-state index contributed by atoms with van der Waals surface area (Å²) in [5, 5.41) is 8.14. The molecule has 0 amide bonds. The van der Waals surface area contributed by atoms with Crippen LogP contribution >= 0.6 is 7.37 Å². The van der Waals surface area contributed by atoms with Gasteiger partial charge in [0.2, 0.25) is 7.37 Å². The number of ether oxygens (including phenoxy) is 1. The van der Waals surface area contributed by atoms with E-state index in [-0.39, 0.29) is 19.1 Å². The number of carbonyl (C=O) groups is 1. The van der Waals surface area contributed by atoms with Crippen molar-refractivity contribution in [3.63, 3.8) is 0 Å². The van der Waals surface area contributed by atoms with Gasteiger partial charge in [-0.15, -0.1) is 0 Å². The van der Waals surface area contributed by atoms with Crippen molar-refractivity contribution in [1.29, 1.82) is 0 Å². The second-order valence-electron chi connectivity index (χ2n) is 6.82. The normalized spacial score (nSPS) is 26.7. The number of hydrogen-bond acceptors (Lipinski definition) is 5. The molecule has 1 aromatic rings. The molecule has 1 aliphatic heterocycles. The highest BCUT2D eigenvalue weighted by Gasteiger charge is 2.56. The zero-order chi connectivity index (χ0) is 19.0. The Morgan fingerprint density at radius 2 is 2.04 bits per heavy atom. The molecule has 8 heteroatoms. The molecule has 2 rings (SSSR count). The van der Waals surface area contributed by atoms with Gasteiger partial charge in [0.1, 0.15) is 0 Å². The number of nitrogens with two attached hydrogens (primary N) is 1. The van der Waals surface area contributed by atoms with Crippen LogP contribution in [-0.2, 0) is 20.7 Å². The Bertz CT molecular complexity index is 627. The van der Waals surface area contributed by atoms with E-state index >= 15 is 0 Å². The van der Waals surface area contributed by atoms with Crippen molar-refractivity contribution < 1.29 is 24.1 Å². The summed E-state index contributed by atoms with van der Waals surface area (Å²) in [6.45, 7) is 2.42. The Morgan fingerprint density at radius 1 is 1.31 bits per heavy atom. The molecule has 2 unspecified atom stereocenters. The summed E-state index contributed by atoms with van der Waals surface area (Å²) in [5.74, 6) is -1.18. The van der Waals surface area contributed by atoms with Gasteiger partial charge in [-0.1, -0.05) is 36.8 Å². The van der Waals surface area contributed by atoms with Gasteiger partial charge in [-0.2, -0.15) is 0 Å². The number of unbranched alkanes of at least 4 members (excludes halogenated alkanes) is 1. The summed E-state index contributed by atoms with van der Waals surface area (Å²) >= 11 is 0. The molecule has 0 aromatic heterocycles. The highest BCUT2D eigenvalue weighted by atomic mass is 31.2. The van der Waals surface area contributed by atoms with Crippen LogP contribution in [0.25, 0.3) is 0 Å². The van der Waals surface area contributed by atoms with Crippen molar-refractivity contribution in [2.45, 2.75) is 31.0 Å². The maximum atomic E-state index is 12.7. The Kier molecular flexibility index (Phi) is 7.80. The van der Waals surface area contributed by atoms with Crippen molar-refractivity contribution in [3.8, 4) is 0 Å². The molecular formula is C18H29N2O5P. The van der Waals surface area contributed by atoms with Crippen LogP contribution < -0.4 is 5.73 Å².